The SMILES string of the molecule is O=C1C=c2c(cccc2=C2C=CC=CC=N2)N1. The minimum atomic E-state index is -0.0762. The van der Waals surface area contributed by atoms with Crippen molar-refractivity contribution in [3.05, 3.63) is 52.9 Å². The van der Waals surface area contributed by atoms with E-state index in [0.29, 0.717) is 0 Å². The summed E-state index contributed by atoms with van der Waals surface area (Å²) in [6.07, 6.45) is 11.0. The molecule has 1 aromatic rings. The quantitative estimate of drug-likeness (QED) is 0.690. The zero-order valence-electron chi connectivity index (χ0n) is 9.05. The molecule has 1 aromatic carbocycles. The molecular weight excluding hydrogens is 212 g/mol. The van der Waals surface area contributed by atoms with Crippen molar-refractivity contribution in [1.82, 2.24) is 0 Å². The number of carbonyl (C=O) groups excluding carboxylic acids is 1. The number of benzene rings is 1. The van der Waals surface area contributed by atoms with Gasteiger partial charge < -0.3 is 5.32 Å². The van der Waals surface area contributed by atoms with Gasteiger partial charge in [-0.3, -0.25) is 9.79 Å². The van der Waals surface area contributed by atoms with E-state index in [1.54, 1.807) is 12.3 Å². The van der Waals surface area contributed by atoms with Crippen LogP contribution in [0, 0.1) is 0 Å². The van der Waals surface area contributed by atoms with Crippen molar-refractivity contribution in [3.63, 3.8) is 0 Å². The van der Waals surface area contributed by atoms with Crippen LogP contribution in [0.5, 0.6) is 0 Å². The molecular formula is C14H10N2O. The fraction of sp³-hybridized carbons (Fsp3) is 0. The number of aliphatic imine (C=N–C) groups is 1. The van der Waals surface area contributed by atoms with Crippen molar-refractivity contribution < 1.29 is 4.79 Å². The Bertz CT molecular complexity index is 675. The van der Waals surface area contributed by atoms with E-state index in [-0.39, 0.29) is 5.91 Å². The van der Waals surface area contributed by atoms with E-state index in [1.165, 1.54) is 0 Å². The molecule has 0 fully saturated rings. The van der Waals surface area contributed by atoms with E-state index >= 15 is 0 Å². The first-order chi connectivity index (χ1) is 8.34. The number of nitrogens with one attached hydrogen (secondary N) is 1. The zero-order valence-corrected chi connectivity index (χ0v) is 9.05. The van der Waals surface area contributed by atoms with Gasteiger partial charge in [-0.1, -0.05) is 24.3 Å². The topological polar surface area (TPSA) is 41.5 Å². The maximum atomic E-state index is 11.4. The summed E-state index contributed by atoms with van der Waals surface area (Å²) in [5, 5.41) is 4.68. The van der Waals surface area contributed by atoms with Crippen molar-refractivity contribution in [2.75, 3.05) is 5.32 Å². The highest BCUT2D eigenvalue weighted by atomic mass is 16.1. The first kappa shape index (κ1) is 9.78. The molecule has 2 heterocycles. The van der Waals surface area contributed by atoms with Crippen LogP contribution in [0.4, 0.5) is 5.69 Å². The third-order valence-corrected chi connectivity index (χ3v) is 2.69. The zero-order chi connectivity index (χ0) is 11.7. The van der Waals surface area contributed by atoms with E-state index in [0.717, 1.165) is 21.8 Å². The molecule has 3 rings (SSSR count). The number of anilines is 1. The first-order valence-electron chi connectivity index (χ1n) is 5.38. The second kappa shape index (κ2) is 3.87. The highest BCUT2D eigenvalue weighted by Gasteiger charge is 2.10. The molecule has 0 radical (unpaired) electrons. The Morgan fingerprint density at radius 3 is 3.00 bits per heavy atom. The summed E-state index contributed by atoms with van der Waals surface area (Å²) in [7, 11) is 0. The number of allylic oxidation sites excluding steroid dienone is 3. The molecule has 0 aliphatic carbocycles. The van der Waals surface area contributed by atoms with Gasteiger partial charge in [-0.15, -0.1) is 0 Å². The average molecular weight is 222 g/mol. The van der Waals surface area contributed by atoms with Crippen LogP contribution < -0.4 is 15.8 Å². The van der Waals surface area contributed by atoms with Crippen molar-refractivity contribution in [1.29, 1.82) is 0 Å². The molecule has 3 heteroatoms. The molecule has 0 aromatic heterocycles. The van der Waals surface area contributed by atoms with Gasteiger partial charge in [-0.05, 0) is 18.2 Å². The Hall–Kier alpha value is -2.42. The number of amides is 1. The van der Waals surface area contributed by atoms with Crippen LogP contribution in [0.15, 0.2) is 47.5 Å². The van der Waals surface area contributed by atoms with Gasteiger partial charge in [0.15, 0.2) is 0 Å². The second-order valence-electron chi connectivity index (χ2n) is 3.81. The summed E-state index contributed by atoms with van der Waals surface area (Å²) < 4.78 is 0. The lowest BCUT2D eigenvalue weighted by Gasteiger charge is -1.98. The first-order valence-corrected chi connectivity index (χ1v) is 5.38. The molecule has 0 spiro atoms. The lowest BCUT2D eigenvalue weighted by molar-refractivity contribution is -0.110. The van der Waals surface area contributed by atoms with Gasteiger partial charge in [-0.25, -0.2) is 0 Å². The van der Waals surface area contributed by atoms with Crippen molar-refractivity contribution in [2.24, 2.45) is 4.99 Å². The number of rotatable bonds is 0. The summed E-state index contributed by atoms with van der Waals surface area (Å²) in [5.74, 6) is -0.0762. The van der Waals surface area contributed by atoms with E-state index in [1.807, 2.05) is 42.5 Å². The van der Waals surface area contributed by atoms with Crippen LogP contribution in [-0.2, 0) is 4.79 Å². The Morgan fingerprint density at radius 1 is 1.12 bits per heavy atom. The number of hydrogen-bond donors (Lipinski definition) is 1. The Labute approximate surface area is 98.2 Å². The smallest absolute Gasteiger partial charge is 0.249 e. The molecule has 0 bridgehead atoms. The monoisotopic (exact) mass is 222 g/mol. The van der Waals surface area contributed by atoms with E-state index in [9.17, 15) is 4.79 Å². The number of nitrogens with zero attached hydrogens (tertiary/aromatic N) is 1. The lowest BCUT2D eigenvalue weighted by atomic mass is 10.2. The fourth-order valence-electron chi connectivity index (χ4n) is 1.94. The molecule has 1 amide bonds. The third-order valence-electron chi connectivity index (χ3n) is 2.69. The molecule has 0 unspecified atom stereocenters. The van der Waals surface area contributed by atoms with Crippen molar-refractivity contribution in [2.45, 2.75) is 0 Å². The van der Waals surface area contributed by atoms with Crippen LogP contribution in [0.2, 0.25) is 0 Å². The molecule has 1 N–H and O–H groups in total. The van der Waals surface area contributed by atoms with Gasteiger partial charge in [0.25, 0.3) is 0 Å². The van der Waals surface area contributed by atoms with Crippen LogP contribution in [0.25, 0.3) is 11.8 Å². The van der Waals surface area contributed by atoms with Crippen molar-refractivity contribution in [3.8, 4) is 0 Å². The number of hydrogen-bond acceptors (Lipinski definition) is 2. The molecule has 0 atom stereocenters. The Balaban J connectivity index is 2.37. The summed E-state index contributed by atoms with van der Waals surface area (Å²) >= 11 is 0. The summed E-state index contributed by atoms with van der Waals surface area (Å²) in [4.78, 5) is 15.7. The minimum Gasteiger partial charge on any atom is -0.322 e. The van der Waals surface area contributed by atoms with Crippen molar-refractivity contribution >= 4 is 29.6 Å². The summed E-state index contributed by atoms with van der Waals surface area (Å²) in [5.41, 5.74) is 1.71. The normalized spacial score (nSPS) is 19.6. The highest BCUT2D eigenvalue weighted by molar-refractivity contribution is 6.16. The Kier molecular flexibility index (Phi) is 2.22. The molecule has 2 aliphatic heterocycles. The maximum absolute atomic E-state index is 11.4. The van der Waals surface area contributed by atoms with Crippen LogP contribution in [0.1, 0.15) is 0 Å². The maximum Gasteiger partial charge on any atom is 0.249 e. The van der Waals surface area contributed by atoms with E-state index in [4.69, 9.17) is 0 Å². The van der Waals surface area contributed by atoms with Crippen LogP contribution in [0.3, 0.4) is 0 Å². The van der Waals surface area contributed by atoms with Gasteiger partial charge in [0.1, 0.15) is 0 Å². The predicted octanol–water partition coefficient (Wildman–Crippen LogP) is 0.724. The van der Waals surface area contributed by atoms with Gasteiger partial charge in [0, 0.05) is 28.4 Å². The van der Waals surface area contributed by atoms with Gasteiger partial charge in [0.05, 0.1) is 5.70 Å². The fourth-order valence-corrected chi connectivity index (χ4v) is 1.94. The molecule has 0 saturated heterocycles. The summed E-state index contributed by atoms with van der Waals surface area (Å²) in [6.45, 7) is 0. The second-order valence-corrected chi connectivity index (χ2v) is 3.81. The standard InChI is InChI=1S/C14H10N2O/c17-14-9-11-10(5-4-7-13(11)16-14)12-6-2-1-3-8-15-12/h1-9H,(H,16,17). The van der Waals surface area contributed by atoms with Crippen LogP contribution in [-0.4, -0.2) is 12.1 Å². The van der Waals surface area contributed by atoms with Crippen LogP contribution >= 0.6 is 0 Å². The third kappa shape index (κ3) is 1.72. The average Bonchev–Trinajstić information content (AvgIpc) is 2.55. The minimum absolute atomic E-state index is 0.0762. The van der Waals surface area contributed by atoms with E-state index < -0.39 is 0 Å². The Morgan fingerprint density at radius 2 is 2.06 bits per heavy atom. The molecule has 2 aliphatic rings. The lowest BCUT2D eigenvalue weighted by Crippen LogP contribution is -2.25. The number of fused-ring (bicyclic) bond motifs is 1. The molecule has 82 valence electrons. The van der Waals surface area contributed by atoms with Gasteiger partial charge in [-0.2, -0.15) is 0 Å². The van der Waals surface area contributed by atoms with Gasteiger partial charge in [0.2, 0.25) is 5.91 Å². The molecule has 17 heavy (non-hydrogen) atoms. The number of carbonyl (C=O) groups is 1. The molecule has 0 saturated carbocycles. The van der Waals surface area contributed by atoms with E-state index in [2.05, 4.69) is 10.3 Å². The highest BCUT2D eigenvalue weighted by Crippen LogP contribution is 2.05. The molecule has 3 nitrogen and oxygen atoms in total. The largest absolute Gasteiger partial charge is 0.322 e. The summed E-state index contributed by atoms with van der Waals surface area (Å²) in [6, 6.07) is 5.78. The predicted molar refractivity (Wildman–Crippen MR) is 69.0 cm³/mol. The van der Waals surface area contributed by atoms with Gasteiger partial charge >= 0.3 is 0 Å².